The molecule has 0 amide bonds. The number of nitrogens with zero attached hydrogens (tertiary/aromatic N) is 3. The predicted molar refractivity (Wildman–Crippen MR) is 123 cm³/mol. The zero-order chi connectivity index (χ0) is 26.3. The summed E-state index contributed by atoms with van der Waals surface area (Å²) in [4.78, 5) is 4.18. The predicted octanol–water partition coefficient (Wildman–Crippen LogP) is 1.76. The molecule has 196 valence electrons. The number of fused-ring (bicyclic) bond motifs is 1. The van der Waals surface area contributed by atoms with Gasteiger partial charge < -0.3 is 20.3 Å². The van der Waals surface area contributed by atoms with Gasteiger partial charge in [-0.2, -0.15) is 31.2 Å². The first-order chi connectivity index (χ1) is 16.8. The molecule has 16 heteroatoms. The standard InChI is InChI=1S/C20H22F3N5O6S2/c1-33-15-3-2-11(35-20(21,22)23)7-12(15)13-8-17-25-5-4-16(28(17)27-13)26-14-6-10(18(29)19(14)30)9-34-36(24,31)32/h2-5,7-8,10,14,18-19,26,29-30H,6,9H2,1H3,(H2,24,31,32)/t10?,14-,18-,19+/m1/s1. The number of aliphatic hydroxyl groups excluding tert-OH is 2. The molecule has 0 spiro atoms. The van der Waals surface area contributed by atoms with Gasteiger partial charge in [-0.3, -0.25) is 4.18 Å². The minimum absolute atomic E-state index is 0.0440. The fourth-order valence-corrected chi connectivity index (χ4v) is 4.97. The fraction of sp³-hybridized carbons (Fsp3) is 0.400. The van der Waals surface area contributed by atoms with E-state index in [4.69, 9.17) is 9.88 Å². The summed E-state index contributed by atoms with van der Waals surface area (Å²) in [6.45, 7) is -0.404. The van der Waals surface area contributed by atoms with Crippen LogP contribution in [0.2, 0.25) is 0 Å². The topological polar surface area (TPSA) is 161 Å². The van der Waals surface area contributed by atoms with Crippen molar-refractivity contribution in [1.82, 2.24) is 14.6 Å². The molecule has 0 bridgehead atoms. The molecule has 0 saturated heterocycles. The number of hydrogen-bond acceptors (Lipinski definition) is 10. The molecule has 36 heavy (non-hydrogen) atoms. The molecule has 2 heterocycles. The number of anilines is 1. The zero-order valence-corrected chi connectivity index (χ0v) is 20.2. The van der Waals surface area contributed by atoms with Crippen LogP contribution < -0.4 is 15.2 Å². The van der Waals surface area contributed by atoms with Crippen molar-refractivity contribution in [3.05, 3.63) is 36.5 Å². The van der Waals surface area contributed by atoms with Gasteiger partial charge >= 0.3 is 15.8 Å². The number of alkyl halides is 3. The Bertz CT molecular complexity index is 1350. The van der Waals surface area contributed by atoms with Crippen LogP contribution in [0.1, 0.15) is 6.42 Å². The van der Waals surface area contributed by atoms with E-state index in [0.717, 1.165) is 0 Å². The molecule has 0 radical (unpaired) electrons. The van der Waals surface area contributed by atoms with Crippen LogP contribution in [-0.4, -0.2) is 70.7 Å². The third kappa shape index (κ3) is 6.01. The molecule has 5 N–H and O–H groups in total. The lowest BCUT2D eigenvalue weighted by molar-refractivity contribution is -0.0328. The van der Waals surface area contributed by atoms with Gasteiger partial charge in [0.25, 0.3) is 0 Å². The number of ether oxygens (including phenoxy) is 1. The molecule has 3 aromatic rings. The Kier molecular flexibility index (Phi) is 7.36. The number of aromatic nitrogens is 3. The van der Waals surface area contributed by atoms with Gasteiger partial charge in [-0.25, -0.2) is 10.1 Å². The Labute approximate surface area is 207 Å². The minimum Gasteiger partial charge on any atom is -0.496 e. The number of thioether (sulfide) groups is 1. The molecule has 1 aromatic carbocycles. The van der Waals surface area contributed by atoms with E-state index in [0.29, 0.717) is 28.5 Å². The van der Waals surface area contributed by atoms with E-state index in [1.807, 2.05) is 0 Å². The van der Waals surface area contributed by atoms with Crippen LogP contribution in [0.5, 0.6) is 5.75 Å². The number of aliphatic hydroxyl groups is 2. The van der Waals surface area contributed by atoms with Gasteiger partial charge in [-0.05, 0) is 42.4 Å². The molecule has 1 saturated carbocycles. The largest absolute Gasteiger partial charge is 0.496 e. The van der Waals surface area contributed by atoms with E-state index in [-0.39, 0.29) is 23.1 Å². The second-order valence-corrected chi connectivity index (χ2v) is 10.4. The van der Waals surface area contributed by atoms with Gasteiger partial charge in [-0.1, -0.05) is 0 Å². The number of rotatable bonds is 8. The van der Waals surface area contributed by atoms with Crippen molar-refractivity contribution >= 4 is 33.5 Å². The lowest BCUT2D eigenvalue weighted by atomic mass is 10.1. The highest BCUT2D eigenvalue weighted by Gasteiger charge is 2.42. The van der Waals surface area contributed by atoms with Crippen molar-refractivity contribution in [3.63, 3.8) is 0 Å². The molecule has 1 aliphatic rings. The first-order valence-electron chi connectivity index (χ1n) is 10.4. The Morgan fingerprint density at radius 2 is 2.00 bits per heavy atom. The van der Waals surface area contributed by atoms with E-state index in [1.54, 1.807) is 12.1 Å². The highest BCUT2D eigenvalue weighted by atomic mass is 32.2. The number of nitrogens with one attached hydrogen (secondary N) is 1. The molecule has 1 unspecified atom stereocenters. The van der Waals surface area contributed by atoms with Crippen molar-refractivity contribution in [2.45, 2.75) is 35.1 Å². The zero-order valence-electron chi connectivity index (χ0n) is 18.6. The molecule has 4 rings (SSSR count). The van der Waals surface area contributed by atoms with Crippen LogP contribution in [0.3, 0.4) is 0 Å². The van der Waals surface area contributed by atoms with Crippen LogP contribution in [0, 0.1) is 5.92 Å². The summed E-state index contributed by atoms with van der Waals surface area (Å²) in [5.41, 5.74) is -3.50. The number of methoxy groups -OCH3 is 1. The maximum Gasteiger partial charge on any atom is 0.446 e. The first-order valence-corrected chi connectivity index (χ1v) is 12.7. The highest BCUT2D eigenvalue weighted by molar-refractivity contribution is 8.00. The fourth-order valence-electron chi connectivity index (χ4n) is 4.03. The number of hydrogen-bond donors (Lipinski definition) is 4. The Balaban J connectivity index is 1.61. The van der Waals surface area contributed by atoms with E-state index in [9.17, 15) is 31.8 Å². The number of nitrogens with two attached hydrogens (primary N) is 1. The average Bonchev–Trinajstić information content (AvgIpc) is 3.33. The van der Waals surface area contributed by atoms with E-state index < -0.39 is 46.6 Å². The van der Waals surface area contributed by atoms with Crippen molar-refractivity contribution in [2.75, 3.05) is 19.0 Å². The molecular weight excluding hydrogens is 527 g/mol. The average molecular weight is 550 g/mol. The molecule has 4 atom stereocenters. The summed E-state index contributed by atoms with van der Waals surface area (Å²) in [6.07, 6.45) is -0.905. The quantitative estimate of drug-likeness (QED) is 0.305. The van der Waals surface area contributed by atoms with Crippen LogP contribution in [-0.2, 0) is 14.5 Å². The minimum atomic E-state index is -4.46. The number of halogens is 3. The maximum absolute atomic E-state index is 12.9. The SMILES string of the molecule is COc1ccc(SC(F)(F)F)cc1-c1cc2nccc(N[C@@H]3CC(COS(N)(=O)=O)[C@@H](O)[C@H]3O)n2n1. The Morgan fingerprint density at radius 3 is 2.67 bits per heavy atom. The van der Waals surface area contributed by atoms with Crippen LogP contribution in [0.15, 0.2) is 41.4 Å². The van der Waals surface area contributed by atoms with Gasteiger partial charge in [-0.15, -0.1) is 0 Å². The first kappa shape index (κ1) is 26.4. The second kappa shape index (κ2) is 10.0. The summed E-state index contributed by atoms with van der Waals surface area (Å²) in [7, 11) is -2.82. The summed E-state index contributed by atoms with van der Waals surface area (Å²) < 4.78 is 72.0. The van der Waals surface area contributed by atoms with Crippen LogP contribution in [0.4, 0.5) is 19.0 Å². The number of benzene rings is 1. The lowest BCUT2D eigenvalue weighted by Gasteiger charge is -2.19. The normalized spacial score (nSPS) is 22.8. The molecule has 0 aliphatic heterocycles. The summed E-state index contributed by atoms with van der Waals surface area (Å²) >= 11 is -0.259. The van der Waals surface area contributed by atoms with Crippen LogP contribution in [0.25, 0.3) is 16.9 Å². The van der Waals surface area contributed by atoms with Crippen molar-refractivity contribution in [1.29, 1.82) is 0 Å². The van der Waals surface area contributed by atoms with Crippen molar-refractivity contribution < 1.29 is 40.7 Å². The van der Waals surface area contributed by atoms with E-state index in [2.05, 4.69) is 19.6 Å². The van der Waals surface area contributed by atoms with Gasteiger partial charge in [0.2, 0.25) is 0 Å². The molecular formula is C20H22F3N5O6S2. The monoisotopic (exact) mass is 549 g/mol. The molecule has 1 aliphatic carbocycles. The van der Waals surface area contributed by atoms with E-state index >= 15 is 0 Å². The van der Waals surface area contributed by atoms with Crippen LogP contribution >= 0.6 is 11.8 Å². The smallest absolute Gasteiger partial charge is 0.446 e. The van der Waals surface area contributed by atoms with Gasteiger partial charge in [0, 0.05) is 28.6 Å². The summed E-state index contributed by atoms with van der Waals surface area (Å²) in [6, 6.07) is 6.45. The Hall–Kier alpha value is -2.63. The molecule has 1 fully saturated rings. The third-order valence-electron chi connectivity index (χ3n) is 5.62. The van der Waals surface area contributed by atoms with Crippen molar-refractivity contribution in [3.8, 4) is 17.0 Å². The van der Waals surface area contributed by atoms with Gasteiger partial charge in [0.1, 0.15) is 17.7 Å². The lowest BCUT2D eigenvalue weighted by Crippen LogP contribution is -2.36. The summed E-state index contributed by atoms with van der Waals surface area (Å²) in [5, 5.41) is 33.1. The van der Waals surface area contributed by atoms with Gasteiger partial charge in [0.05, 0.1) is 31.6 Å². The van der Waals surface area contributed by atoms with Crippen molar-refractivity contribution in [2.24, 2.45) is 11.1 Å². The second-order valence-electron chi connectivity index (χ2n) is 8.04. The highest BCUT2D eigenvalue weighted by Crippen LogP contribution is 2.41. The third-order valence-corrected chi connectivity index (χ3v) is 6.81. The Morgan fingerprint density at radius 1 is 1.25 bits per heavy atom. The van der Waals surface area contributed by atoms with E-state index in [1.165, 1.54) is 36.0 Å². The molecule has 11 nitrogen and oxygen atoms in total. The molecule has 2 aromatic heterocycles. The van der Waals surface area contributed by atoms with Gasteiger partial charge in [0.15, 0.2) is 5.65 Å². The summed E-state index contributed by atoms with van der Waals surface area (Å²) in [5.74, 6) is -0.0266. The maximum atomic E-state index is 12.9.